The molecule has 3 aromatic carbocycles. The number of aromatic carboxylic acids is 1. The predicted molar refractivity (Wildman–Crippen MR) is 129 cm³/mol. The number of carboxylic acids is 1. The molecule has 0 bridgehead atoms. The number of carbonyl (C=O) groups excluding carboxylic acids is 2. The third kappa shape index (κ3) is 3.86. The van der Waals surface area contributed by atoms with E-state index in [4.69, 9.17) is 0 Å². The number of rotatable bonds is 6. The SMILES string of the molecule is N#Cc1c(SCc2ccccc2)nn(-c2ccccc2)c1N1C(=O)c2ccc(C(=O)O)cc2C1=O. The summed E-state index contributed by atoms with van der Waals surface area (Å²) in [6.07, 6.45) is 0. The highest BCUT2D eigenvalue weighted by molar-refractivity contribution is 7.98. The van der Waals surface area contributed by atoms with Gasteiger partial charge in [-0.2, -0.15) is 10.4 Å². The molecule has 0 saturated carbocycles. The van der Waals surface area contributed by atoms with E-state index in [1.165, 1.54) is 34.6 Å². The van der Waals surface area contributed by atoms with E-state index in [0.29, 0.717) is 16.5 Å². The van der Waals surface area contributed by atoms with Gasteiger partial charge in [-0.15, -0.1) is 0 Å². The fourth-order valence-corrected chi connectivity index (χ4v) is 4.75. The highest BCUT2D eigenvalue weighted by Crippen LogP contribution is 2.38. The maximum atomic E-state index is 13.4. The van der Waals surface area contributed by atoms with Crippen LogP contribution in [0.4, 0.5) is 5.82 Å². The van der Waals surface area contributed by atoms with Gasteiger partial charge in [0.1, 0.15) is 16.7 Å². The lowest BCUT2D eigenvalue weighted by atomic mass is 10.1. The van der Waals surface area contributed by atoms with E-state index in [-0.39, 0.29) is 28.1 Å². The first kappa shape index (κ1) is 22.1. The van der Waals surface area contributed by atoms with Crippen LogP contribution in [0.25, 0.3) is 5.69 Å². The van der Waals surface area contributed by atoms with Crippen LogP contribution in [-0.4, -0.2) is 32.7 Å². The highest BCUT2D eigenvalue weighted by Gasteiger charge is 2.41. The molecule has 0 unspecified atom stereocenters. The lowest BCUT2D eigenvalue weighted by Crippen LogP contribution is -2.32. The Hall–Kier alpha value is -4.68. The summed E-state index contributed by atoms with van der Waals surface area (Å²) in [5, 5.41) is 24.4. The van der Waals surface area contributed by atoms with Crippen LogP contribution in [0.2, 0.25) is 0 Å². The summed E-state index contributed by atoms with van der Waals surface area (Å²) in [7, 11) is 0. The van der Waals surface area contributed by atoms with Gasteiger partial charge in [-0.1, -0.05) is 60.3 Å². The van der Waals surface area contributed by atoms with Crippen LogP contribution in [-0.2, 0) is 5.75 Å². The van der Waals surface area contributed by atoms with Crippen molar-refractivity contribution in [2.24, 2.45) is 0 Å². The van der Waals surface area contributed by atoms with Gasteiger partial charge in [0.15, 0.2) is 5.82 Å². The highest BCUT2D eigenvalue weighted by atomic mass is 32.2. The fourth-order valence-electron chi connectivity index (χ4n) is 3.84. The molecule has 0 saturated heterocycles. The Morgan fingerprint density at radius 1 is 0.943 bits per heavy atom. The number of para-hydroxylation sites is 1. The quantitative estimate of drug-likeness (QED) is 0.318. The monoisotopic (exact) mass is 480 g/mol. The Kier molecular flexibility index (Phi) is 5.65. The number of nitrogens with zero attached hydrogens (tertiary/aromatic N) is 4. The van der Waals surface area contributed by atoms with Gasteiger partial charge < -0.3 is 5.11 Å². The maximum Gasteiger partial charge on any atom is 0.335 e. The lowest BCUT2D eigenvalue weighted by molar-refractivity contribution is 0.0696. The molecule has 4 aromatic rings. The largest absolute Gasteiger partial charge is 0.478 e. The van der Waals surface area contributed by atoms with Crippen LogP contribution >= 0.6 is 11.8 Å². The Labute approximate surface area is 204 Å². The molecule has 1 N–H and O–H groups in total. The Balaban J connectivity index is 1.64. The second-order valence-electron chi connectivity index (χ2n) is 7.65. The number of amides is 2. The second kappa shape index (κ2) is 8.93. The predicted octanol–water partition coefficient (Wildman–Crippen LogP) is 4.54. The van der Waals surface area contributed by atoms with Gasteiger partial charge in [0, 0.05) is 5.75 Å². The molecule has 1 aromatic heterocycles. The molecule has 0 atom stereocenters. The minimum absolute atomic E-state index is 0.0253. The van der Waals surface area contributed by atoms with Gasteiger partial charge in [-0.05, 0) is 35.9 Å². The van der Waals surface area contributed by atoms with Crippen LogP contribution in [0.15, 0.2) is 83.9 Å². The van der Waals surface area contributed by atoms with Crippen LogP contribution in [0, 0.1) is 11.3 Å². The van der Waals surface area contributed by atoms with Gasteiger partial charge in [0.2, 0.25) is 0 Å². The average Bonchev–Trinajstić information content (AvgIpc) is 3.37. The number of carbonyl (C=O) groups is 3. The first-order valence-corrected chi connectivity index (χ1v) is 11.5. The van der Waals surface area contributed by atoms with Gasteiger partial charge in [-0.3, -0.25) is 9.59 Å². The number of anilines is 1. The molecule has 2 amide bonds. The number of hydrogen-bond acceptors (Lipinski definition) is 6. The van der Waals surface area contributed by atoms with Crippen molar-refractivity contribution in [3.63, 3.8) is 0 Å². The summed E-state index contributed by atoms with van der Waals surface area (Å²) >= 11 is 1.32. The summed E-state index contributed by atoms with van der Waals surface area (Å²) in [4.78, 5) is 39.0. The molecule has 1 aliphatic rings. The summed E-state index contributed by atoms with van der Waals surface area (Å²) in [5.41, 5.74) is 1.61. The summed E-state index contributed by atoms with van der Waals surface area (Å²) in [5.74, 6) is -2.00. The van der Waals surface area contributed by atoms with Crippen LogP contribution < -0.4 is 4.90 Å². The zero-order valence-electron chi connectivity index (χ0n) is 18.1. The summed E-state index contributed by atoms with van der Waals surface area (Å²) in [6, 6.07) is 24.4. The third-order valence-corrected chi connectivity index (χ3v) is 6.54. The van der Waals surface area contributed by atoms with Crippen molar-refractivity contribution in [2.75, 3.05) is 4.90 Å². The van der Waals surface area contributed by atoms with Crippen molar-refractivity contribution in [1.82, 2.24) is 9.78 Å². The number of imide groups is 1. The number of fused-ring (bicyclic) bond motifs is 1. The maximum absolute atomic E-state index is 13.4. The molecule has 0 fully saturated rings. The van der Waals surface area contributed by atoms with Gasteiger partial charge in [0.05, 0.1) is 22.4 Å². The molecule has 35 heavy (non-hydrogen) atoms. The van der Waals surface area contributed by atoms with Crippen molar-refractivity contribution in [3.05, 3.63) is 107 Å². The van der Waals surface area contributed by atoms with Gasteiger partial charge in [-0.25, -0.2) is 14.4 Å². The normalized spacial score (nSPS) is 12.5. The first-order chi connectivity index (χ1) is 17.0. The number of aromatic nitrogens is 2. The second-order valence-corrected chi connectivity index (χ2v) is 8.61. The van der Waals surface area contributed by atoms with Crippen molar-refractivity contribution in [1.29, 1.82) is 5.26 Å². The zero-order chi connectivity index (χ0) is 24.5. The number of thioether (sulfide) groups is 1. The molecule has 5 rings (SSSR count). The van der Waals surface area contributed by atoms with Crippen molar-refractivity contribution >= 4 is 35.4 Å². The zero-order valence-corrected chi connectivity index (χ0v) is 18.9. The molecule has 0 aliphatic carbocycles. The number of hydrogen-bond donors (Lipinski definition) is 1. The number of benzene rings is 3. The molecule has 8 nitrogen and oxygen atoms in total. The molecule has 1 aliphatic heterocycles. The molecular formula is C26H16N4O4S. The van der Waals surface area contributed by atoms with Crippen LogP contribution in [0.3, 0.4) is 0 Å². The van der Waals surface area contributed by atoms with Crippen molar-refractivity contribution in [2.45, 2.75) is 10.8 Å². The van der Waals surface area contributed by atoms with Crippen LogP contribution in [0.5, 0.6) is 0 Å². The van der Waals surface area contributed by atoms with E-state index in [0.717, 1.165) is 10.5 Å². The summed E-state index contributed by atoms with van der Waals surface area (Å²) < 4.78 is 1.41. The van der Waals surface area contributed by atoms with Gasteiger partial charge in [0.25, 0.3) is 11.8 Å². The van der Waals surface area contributed by atoms with E-state index in [1.807, 2.05) is 36.4 Å². The average molecular weight is 481 g/mol. The smallest absolute Gasteiger partial charge is 0.335 e. The summed E-state index contributed by atoms with van der Waals surface area (Å²) in [6.45, 7) is 0. The van der Waals surface area contributed by atoms with E-state index >= 15 is 0 Å². The fraction of sp³-hybridized carbons (Fsp3) is 0.0385. The number of carboxylic acid groups (broad SMARTS) is 1. The van der Waals surface area contributed by atoms with E-state index in [2.05, 4.69) is 11.2 Å². The third-order valence-electron chi connectivity index (χ3n) is 5.51. The Morgan fingerprint density at radius 3 is 2.26 bits per heavy atom. The van der Waals surface area contributed by atoms with E-state index in [9.17, 15) is 24.8 Å². The molecule has 0 radical (unpaired) electrons. The van der Waals surface area contributed by atoms with Crippen LogP contribution in [0.1, 0.15) is 42.2 Å². The van der Waals surface area contributed by atoms with E-state index < -0.39 is 17.8 Å². The Morgan fingerprint density at radius 2 is 1.60 bits per heavy atom. The molecule has 9 heteroatoms. The first-order valence-electron chi connectivity index (χ1n) is 10.5. The minimum Gasteiger partial charge on any atom is -0.478 e. The molecular weight excluding hydrogens is 464 g/mol. The van der Waals surface area contributed by atoms with E-state index in [1.54, 1.807) is 24.3 Å². The Bertz CT molecular complexity index is 1520. The topological polar surface area (TPSA) is 116 Å². The van der Waals surface area contributed by atoms with Crippen molar-refractivity contribution < 1.29 is 19.5 Å². The lowest BCUT2D eigenvalue weighted by Gasteiger charge is -2.16. The molecule has 2 heterocycles. The molecule has 170 valence electrons. The minimum atomic E-state index is -1.21. The standard InChI is InChI=1S/C26H16N4O4S/c27-14-21-22(35-15-16-7-3-1-4-8-16)28-30(18-9-5-2-6-10-18)23(21)29-24(31)19-12-11-17(26(33)34)13-20(19)25(29)32/h1-13H,15H2,(H,33,34). The van der Waals surface area contributed by atoms with Gasteiger partial charge >= 0.3 is 5.97 Å². The molecule has 0 spiro atoms. The van der Waals surface area contributed by atoms with Crippen molar-refractivity contribution in [3.8, 4) is 11.8 Å². The number of nitriles is 1.